The van der Waals surface area contributed by atoms with E-state index in [0.29, 0.717) is 5.56 Å². The number of aromatic nitrogens is 2. The lowest BCUT2D eigenvalue weighted by atomic mass is 10.1. The molecule has 0 aliphatic heterocycles. The van der Waals surface area contributed by atoms with Crippen LogP contribution in [0.4, 0.5) is 23.4 Å². The molecule has 0 atom stereocenters. The Kier molecular flexibility index (Phi) is 4.90. The molecule has 5 nitrogen and oxygen atoms in total. The monoisotopic (exact) mass is 374 g/mol. The van der Waals surface area contributed by atoms with Gasteiger partial charge in [-0.25, -0.2) is 17.6 Å². The molecule has 1 amide bonds. The summed E-state index contributed by atoms with van der Waals surface area (Å²) >= 11 is 0. The molecule has 3 rings (SSSR count). The minimum atomic E-state index is -1.51. The second-order valence-corrected chi connectivity index (χ2v) is 5.49. The zero-order valence-corrected chi connectivity index (χ0v) is 13.5. The number of amides is 1. The molecular formula is C18H10F4N4O. The van der Waals surface area contributed by atoms with Gasteiger partial charge in [0.15, 0.2) is 29.1 Å². The van der Waals surface area contributed by atoms with Crippen molar-refractivity contribution in [3.8, 4) is 6.07 Å². The maximum atomic E-state index is 13.7. The van der Waals surface area contributed by atoms with Crippen molar-refractivity contribution in [2.75, 3.05) is 5.32 Å². The second-order valence-electron chi connectivity index (χ2n) is 5.49. The van der Waals surface area contributed by atoms with Gasteiger partial charge in [-0.1, -0.05) is 6.07 Å². The highest BCUT2D eigenvalue weighted by atomic mass is 19.2. The first kappa shape index (κ1) is 18.1. The Morgan fingerprint density at radius 1 is 1.11 bits per heavy atom. The number of nitriles is 1. The van der Waals surface area contributed by atoms with E-state index in [1.165, 1.54) is 36.5 Å². The van der Waals surface area contributed by atoms with Gasteiger partial charge in [-0.05, 0) is 18.2 Å². The van der Waals surface area contributed by atoms with Gasteiger partial charge in [0.05, 0.1) is 23.7 Å². The molecule has 1 N–H and O–H groups in total. The number of nitrogens with zero attached hydrogens (tertiary/aromatic N) is 3. The fraction of sp³-hybridized carbons (Fsp3) is 0.0556. The molecule has 27 heavy (non-hydrogen) atoms. The van der Waals surface area contributed by atoms with Crippen molar-refractivity contribution in [1.82, 2.24) is 9.78 Å². The van der Waals surface area contributed by atoms with Gasteiger partial charge in [-0.15, -0.1) is 0 Å². The molecule has 0 aliphatic carbocycles. The normalized spacial score (nSPS) is 10.5. The van der Waals surface area contributed by atoms with E-state index in [1.54, 1.807) is 0 Å². The predicted molar refractivity (Wildman–Crippen MR) is 86.7 cm³/mol. The smallest absolute Gasteiger partial charge is 0.256 e. The fourth-order valence-electron chi connectivity index (χ4n) is 2.36. The summed E-state index contributed by atoms with van der Waals surface area (Å²) in [5.41, 5.74) is -0.310. The van der Waals surface area contributed by atoms with E-state index >= 15 is 0 Å². The third-order valence-corrected chi connectivity index (χ3v) is 3.66. The predicted octanol–water partition coefficient (Wildman–Crippen LogP) is 3.61. The fourth-order valence-corrected chi connectivity index (χ4v) is 2.36. The molecule has 3 aromatic rings. The number of hydrogen-bond donors (Lipinski definition) is 1. The van der Waals surface area contributed by atoms with Gasteiger partial charge in [-0.2, -0.15) is 10.4 Å². The summed E-state index contributed by atoms with van der Waals surface area (Å²) in [6.07, 6.45) is 1.28. The summed E-state index contributed by atoms with van der Waals surface area (Å²) in [5.74, 6) is -6.54. The van der Waals surface area contributed by atoms with E-state index in [1.807, 2.05) is 6.07 Å². The standard InChI is InChI=1S/C18H10F4N4O/c19-13-7-14(20)17(22)12(16(13)21)9-26-5-4-15(25-26)24-18(27)11-3-1-2-10(6-11)8-23/h1-7H,9H2,(H,24,25,27). The summed E-state index contributed by atoms with van der Waals surface area (Å²) < 4.78 is 55.0. The maximum absolute atomic E-state index is 13.7. The molecule has 136 valence electrons. The number of anilines is 1. The van der Waals surface area contributed by atoms with Gasteiger partial charge in [0, 0.05) is 23.9 Å². The van der Waals surface area contributed by atoms with Crippen LogP contribution in [0.15, 0.2) is 42.6 Å². The number of carbonyl (C=O) groups excluding carboxylic acids is 1. The molecule has 0 fully saturated rings. The maximum Gasteiger partial charge on any atom is 0.256 e. The Bertz CT molecular complexity index is 1050. The number of rotatable bonds is 4. The van der Waals surface area contributed by atoms with Gasteiger partial charge in [-0.3, -0.25) is 9.48 Å². The van der Waals surface area contributed by atoms with E-state index < -0.39 is 41.3 Å². The zero-order valence-electron chi connectivity index (χ0n) is 13.5. The van der Waals surface area contributed by atoms with Crippen molar-refractivity contribution in [3.63, 3.8) is 0 Å². The molecule has 9 heteroatoms. The summed E-state index contributed by atoms with van der Waals surface area (Å²) in [5, 5.41) is 15.2. The highest BCUT2D eigenvalue weighted by Gasteiger charge is 2.19. The van der Waals surface area contributed by atoms with Crippen LogP contribution in [0.2, 0.25) is 0 Å². The van der Waals surface area contributed by atoms with E-state index in [4.69, 9.17) is 5.26 Å². The van der Waals surface area contributed by atoms with Crippen LogP contribution in [0.1, 0.15) is 21.5 Å². The van der Waals surface area contributed by atoms with E-state index in [0.717, 1.165) is 4.68 Å². The molecule has 0 spiro atoms. The first-order valence-corrected chi connectivity index (χ1v) is 7.56. The lowest BCUT2D eigenvalue weighted by Gasteiger charge is -2.07. The zero-order chi connectivity index (χ0) is 19.6. The van der Waals surface area contributed by atoms with Gasteiger partial charge in [0.25, 0.3) is 5.91 Å². The van der Waals surface area contributed by atoms with Crippen molar-refractivity contribution < 1.29 is 22.4 Å². The first-order valence-electron chi connectivity index (χ1n) is 7.56. The van der Waals surface area contributed by atoms with Crippen molar-refractivity contribution >= 4 is 11.7 Å². The van der Waals surface area contributed by atoms with Crippen LogP contribution in [0, 0.1) is 34.6 Å². The van der Waals surface area contributed by atoms with Gasteiger partial charge in [0.2, 0.25) is 0 Å². The Balaban J connectivity index is 1.78. The molecule has 1 heterocycles. The van der Waals surface area contributed by atoms with Crippen LogP contribution >= 0.6 is 0 Å². The van der Waals surface area contributed by atoms with Crippen LogP contribution in [-0.4, -0.2) is 15.7 Å². The number of benzene rings is 2. The quantitative estimate of drug-likeness (QED) is 0.560. The summed E-state index contributed by atoms with van der Waals surface area (Å²) in [4.78, 5) is 12.2. The third kappa shape index (κ3) is 3.79. The van der Waals surface area contributed by atoms with Crippen LogP contribution in [-0.2, 0) is 6.54 Å². The van der Waals surface area contributed by atoms with Crippen molar-refractivity contribution in [2.45, 2.75) is 6.54 Å². The minimum absolute atomic E-state index is 0.0556. The lowest BCUT2D eigenvalue weighted by Crippen LogP contribution is -2.13. The third-order valence-electron chi connectivity index (χ3n) is 3.66. The van der Waals surface area contributed by atoms with E-state index in [-0.39, 0.29) is 17.4 Å². The Labute approximate surface area is 150 Å². The number of carbonyl (C=O) groups is 1. The average Bonchev–Trinajstić information content (AvgIpc) is 3.10. The van der Waals surface area contributed by atoms with Crippen LogP contribution in [0.5, 0.6) is 0 Å². The number of halogens is 4. The largest absolute Gasteiger partial charge is 0.305 e. The molecule has 0 unspecified atom stereocenters. The first-order chi connectivity index (χ1) is 12.9. The van der Waals surface area contributed by atoms with E-state index in [2.05, 4.69) is 10.4 Å². The van der Waals surface area contributed by atoms with Crippen molar-refractivity contribution in [2.24, 2.45) is 0 Å². The molecule has 1 aromatic heterocycles. The molecule has 0 saturated carbocycles. The molecular weight excluding hydrogens is 364 g/mol. The summed E-state index contributed by atoms with van der Waals surface area (Å²) in [6.45, 7) is -0.577. The van der Waals surface area contributed by atoms with Crippen LogP contribution in [0.3, 0.4) is 0 Å². The molecule has 0 aliphatic rings. The Morgan fingerprint density at radius 2 is 1.81 bits per heavy atom. The minimum Gasteiger partial charge on any atom is -0.305 e. The highest BCUT2D eigenvalue weighted by Crippen LogP contribution is 2.20. The van der Waals surface area contributed by atoms with Crippen LogP contribution in [0.25, 0.3) is 0 Å². The average molecular weight is 374 g/mol. The molecule has 0 radical (unpaired) electrons. The Morgan fingerprint density at radius 3 is 2.48 bits per heavy atom. The SMILES string of the molecule is N#Cc1cccc(C(=O)Nc2ccn(Cc3c(F)c(F)cc(F)c3F)n2)c1. The van der Waals surface area contributed by atoms with Gasteiger partial charge >= 0.3 is 0 Å². The molecule has 0 bridgehead atoms. The van der Waals surface area contributed by atoms with Crippen molar-refractivity contribution in [1.29, 1.82) is 5.26 Å². The van der Waals surface area contributed by atoms with E-state index in [9.17, 15) is 22.4 Å². The summed E-state index contributed by atoms with van der Waals surface area (Å²) in [6, 6.07) is 9.32. The number of hydrogen-bond acceptors (Lipinski definition) is 3. The van der Waals surface area contributed by atoms with Gasteiger partial charge in [0.1, 0.15) is 0 Å². The second kappa shape index (κ2) is 7.29. The molecule has 0 saturated heterocycles. The number of nitrogens with one attached hydrogen (secondary N) is 1. The van der Waals surface area contributed by atoms with Crippen LogP contribution < -0.4 is 5.32 Å². The van der Waals surface area contributed by atoms with Gasteiger partial charge < -0.3 is 5.32 Å². The highest BCUT2D eigenvalue weighted by molar-refractivity contribution is 6.03. The van der Waals surface area contributed by atoms with Crippen molar-refractivity contribution in [3.05, 3.63) is 82.6 Å². The molecule has 2 aromatic carbocycles. The Hall–Kier alpha value is -3.67. The lowest BCUT2D eigenvalue weighted by molar-refractivity contribution is 0.102. The topological polar surface area (TPSA) is 70.7 Å². The summed E-state index contributed by atoms with van der Waals surface area (Å²) in [7, 11) is 0.